The van der Waals surface area contributed by atoms with Gasteiger partial charge in [-0.3, -0.25) is 4.79 Å². The highest BCUT2D eigenvalue weighted by Gasteiger charge is 2.13. The lowest BCUT2D eigenvalue weighted by Gasteiger charge is -2.08. The van der Waals surface area contributed by atoms with Crippen LogP contribution in [0.2, 0.25) is 0 Å². The molecule has 0 fully saturated rings. The highest BCUT2D eigenvalue weighted by Crippen LogP contribution is 2.10. The van der Waals surface area contributed by atoms with Crippen LogP contribution in [0.4, 0.5) is 0 Å². The number of sulfone groups is 1. The van der Waals surface area contributed by atoms with Gasteiger partial charge >= 0.3 is 0 Å². The van der Waals surface area contributed by atoms with E-state index in [4.69, 9.17) is 5.73 Å². The van der Waals surface area contributed by atoms with E-state index in [0.29, 0.717) is 25.3 Å². The van der Waals surface area contributed by atoms with Gasteiger partial charge in [0.2, 0.25) is 0 Å². The largest absolute Gasteiger partial charge is 0.330 e. The molecule has 0 amide bonds. The van der Waals surface area contributed by atoms with Gasteiger partial charge in [-0.2, -0.15) is 0 Å². The van der Waals surface area contributed by atoms with Crippen LogP contribution >= 0.6 is 0 Å². The second kappa shape index (κ2) is 8.64. The molecule has 0 aliphatic heterocycles. The topological polar surface area (TPSA) is 77.2 Å². The maximum Gasteiger partial charge on any atom is 0.150 e. The molecule has 1 unspecified atom stereocenters. The van der Waals surface area contributed by atoms with Gasteiger partial charge in [0.1, 0.15) is 5.78 Å². The van der Waals surface area contributed by atoms with Crippen LogP contribution in [0, 0.1) is 5.92 Å². The molecule has 102 valence electrons. The number of hydrogen-bond acceptors (Lipinski definition) is 4. The maximum atomic E-state index is 11.5. The summed E-state index contributed by atoms with van der Waals surface area (Å²) < 4.78 is 22.8. The van der Waals surface area contributed by atoms with Gasteiger partial charge in [-0.15, -0.1) is 0 Å². The summed E-state index contributed by atoms with van der Waals surface area (Å²) in [5.41, 5.74) is 5.42. The summed E-state index contributed by atoms with van der Waals surface area (Å²) in [5, 5.41) is 0. The minimum Gasteiger partial charge on any atom is -0.330 e. The summed E-state index contributed by atoms with van der Waals surface area (Å²) in [6.07, 6.45) is 2.98. The molecular formula is C12H25NO3S. The first-order valence-electron chi connectivity index (χ1n) is 6.33. The Kier molecular flexibility index (Phi) is 8.43. The van der Waals surface area contributed by atoms with Crippen LogP contribution in [-0.2, 0) is 14.6 Å². The third-order valence-corrected chi connectivity index (χ3v) is 4.64. The minimum absolute atomic E-state index is 0.00490. The first kappa shape index (κ1) is 16.6. The van der Waals surface area contributed by atoms with Crippen molar-refractivity contribution in [3.8, 4) is 0 Å². The van der Waals surface area contributed by atoms with Crippen LogP contribution in [0.5, 0.6) is 0 Å². The van der Waals surface area contributed by atoms with E-state index >= 15 is 0 Å². The molecule has 17 heavy (non-hydrogen) atoms. The third kappa shape index (κ3) is 9.30. The second-order valence-corrected chi connectivity index (χ2v) is 6.97. The van der Waals surface area contributed by atoms with Crippen molar-refractivity contribution in [3.05, 3.63) is 0 Å². The predicted molar refractivity (Wildman–Crippen MR) is 70.6 cm³/mol. The van der Waals surface area contributed by atoms with Crippen LogP contribution in [0.15, 0.2) is 0 Å². The lowest BCUT2D eigenvalue weighted by atomic mass is 10.00. The molecule has 0 rings (SSSR count). The molecule has 0 aliphatic rings. The fourth-order valence-electron chi connectivity index (χ4n) is 1.64. The zero-order valence-corrected chi connectivity index (χ0v) is 11.8. The standard InChI is InChI=1S/C12H25NO3S/c1-3-9-17(15,16)10-7-12(14)5-4-11(2)6-8-13/h11H,3-10,13H2,1-2H3. The third-order valence-electron chi connectivity index (χ3n) is 2.78. The lowest BCUT2D eigenvalue weighted by Crippen LogP contribution is -2.15. The van der Waals surface area contributed by atoms with Crippen molar-refractivity contribution in [2.45, 2.75) is 46.0 Å². The van der Waals surface area contributed by atoms with Gasteiger partial charge in [-0.25, -0.2) is 8.42 Å². The van der Waals surface area contributed by atoms with Gasteiger partial charge in [-0.1, -0.05) is 13.8 Å². The first-order valence-corrected chi connectivity index (χ1v) is 8.15. The molecule has 0 saturated heterocycles. The Bertz CT molecular complexity index is 312. The smallest absolute Gasteiger partial charge is 0.150 e. The molecule has 0 spiro atoms. The second-order valence-electron chi connectivity index (χ2n) is 4.66. The molecule has 0 heterocycles. The van der Waals surface area contributed by atoms with Crippen molar-refractivity contribution in [2.75, 3.05) is 18.1 Å². The summed E-state index contributed by atoms with van der Waals surface area (Å²) in [6, 6.07) is 0. The average Bonchev–Trinajstić information content (AvgIpc) is 2.24. The van der Waals surface area contributed by atoms with Gasteiger partial charge in [0.05, 0.1) is 5.75 Å². The molecular weight excluding hydrogens is 238 g/mol. The van der Waals surface area contributed by atoms with Crippen molar-refractivity contribution in [3.63, 3.8) is 0 Å². The van der Waals surface area contributed by atoms with Gasteiger partial charge in [0.15, 0.2) is 9.84 Å². The lowest BCUT2D eigenvalue weighted by molar-refractivity contribution is -0.119. The van der Waals surface area contributed by atoms with Crippen molar-refractivity contribution >= 4 is 15.6 Å². The number of hydrogen-bond donors (Lipinski definition) is 1. The van der Waals surface area contributed by atoms with E-state index in [1.165, 1.54) is 0 Å². The zero-order chi connectivity index (χ0) is 13.3. The predicted octanol–water partition coefficient (Wildman–Crippen LogP) is 1.54. The quantitative estimate of drug-likeness (QED) is 0.648. The molecule has 5 heteroatoms. The summed E-state index contributed by atoms with van der Waals surface area (Å²) >= 11 is 0. The Morgan fingerprint density at radius 2 is 1.82 bits per heavy atom. The van der Waals surface area contributed by atoms with Crippen molar-refractivity contribution in [1.82, 2.24) is 0 Å². The molecule has 0 aromatic rings. The number of carbonyl (C=O) groups excluding carboxylic acids is 1. The SMILES string of the molecule is CCCS(=O)(=O)CCC(=O)CCC(C)CCN. The zero-order valence-electron chi connectivity index (χ0n) is 10.9. The van der Waals surface area contributed by atoms with E-state index in [2.05, 4.69) is 6.92 Å². The molecule has 0 aliphatic carbocycles. The van der Waals surface area contributed by atoms with Crippen molar-refractivity contribution < 1.29 is 13.2 Å². The highest BCUT2D eigenvalue weighted by atomic mass is 32.2. The average molecular weight is 263 g/mol. The Balaban J connectivity index is 3.80. The Hall–Kier alpha value is -0.420. The van der Waals surface area contributed by atoms with Crippen molar-refractivity contribution in [2.24, 2.45) is 11.7 Å². The number of Topliss-reactive ketones (excluding diaryl/α,β-unsaturated/α-hetero) is 1. The minimum atomic E-state index is -3.02. The molecule has 0 aromatic carbocycles. The molecule has 4 nitrogen and oxygen atoms in total. The Morgan fingerprint density at radius 1 is 1.18 bits per heavy atom. The number of rotatable bonds is 10. The summed E-state index contributed by atoms with van der Waals surface area (Å²) in [5.74, 6) is 0.680. The van der Waals surface area contributed by atoms with E-state index in [9.17, 15) is 13.2 Å². The van der Waals surface area contributed by atoms with E-state index in [1.807, 2.05) is 6.92 Å². The van der Waals surface area contributed by atoms with E-state index < -0.39 is 9.84 Å². The Morgan fingerprint density at radius 3 is 2.35 bits per heavy atom. The van der Waals surface area contributed by atoms with E-state index in [-0.39, 0.29) is 23.7 Å². The highest BCUT2D eigenvalue weighted by molar-refractivity contribution is 7.91. The van der Waals surface area contributed by atoms with E-state index in [1.54, 1.807) is 0 Å². The number of ketones is 1. The van der Waals surface area contributed by atoms with Crippen LogP contribution < -0.4 is 5.73 Å². The van der Waals surface area contributed by atoms with Crippen LogP contribution in [0.3, 0.4) is 0 Å². The van der Waals surface area contributed by atoms with Gasteiger partial charge in [0, 0.05) is 18.6 Å². The molecule has 2 N–H and O–H groups in total. The summed E-state index contributed by atoms with van der Waals surface area (Å²) in [4.78, 5) is 11.5. The maximum absolute atomic E-state index is 11.5. The monoisotopic (exact) mass is 263 g/mol. The molecule has 0 radical (unpaired) electrons. The van der Waals surface area contributed by atoms with Gasteiger partial charge < -0.3 is 5.73 Å². The van der Waals surface area contributed by atoms with E-state index in [0.717, 1.165) is 12.8 Å². The van der Waals surface area contributed by atoms with Crippen LogP contribution in [-0.4, -0.2) is 32.3 Å². The number of nitrogens with two attached hydrogens (primary N) is 1. The summed E-state index contributed by atoms with van der Waals surface area (Å²) in [7, 11) is -3.02. The van der Waals surface area contributed by atoms with Gasteiger partial charge in [0.25, 0.3) is 0 Å². The summed E-state index contributed by atoms with van der Waals surface area (Å²) in [6.45, 7) is 4.53. The van der Waals surface area contributed by atoms with Crippen molar-refractivity contribution in [1.29, 1.82) is 0 Å². The molecule has 1 atom stereocenters. The first-order chi connectivity index (χ1) is 7.91. The molecule has 0 aromatic heterocycles. The van der Waals surface area contributed by atoms with Crippen LogP contribution in [0.1, 0.15) is 46.0 Å². The normalized spacial score (nSPS) is 13.6. The fourth-order valence-corrected chi connectivity index (χ4v) is 3.01. The number of carbonyl (C=O) groups is 1. The Labute approximate surface area is 105 Å². The molecule has 0 saturated carbocycles. The molecule has 0 bridgehead atoms. The van der Waals surface area contributed by atoms with Crippen LogP contribution in [0.25, 0.3) is 0 Å². The van der Waals surface area contributed by atoms with Gasteiger partial charge in [-0.05, 0) is 31.7 Å². The fraction of sp³-hybridized carbons (Fsp3) is 0.917.